The van der Waals surface area contributed by atoms with E-state index in [0.29, 0.717) is 27.5 Å². The number of carbonyl (C=O) groups excluding carboxylic acids is 1. The van der Waals surface area contributed by atoms with Crippen LogP contribution in [0, 0.1) is 0 Å². The number of carbonyl (C=O) groups is 1. The molecule has 1 aliphatic rings. The molecule has 1 heterocycles. The van der Waals surface area contributed by atoms with E-state index >= 15 is 0 Å². The second-order valence-corrected chi connectivity index (χ2v) is 5.85. The topological polar surface area (TPSA) is 78.4 Å². The SMILES string of the molecule is COc1ccc(OCC(=O)N/N=C\c2ccc3c(c2)OCO3)c(Br)c1. The van der Waals surface area contributed by atoms with Crippen LogP contribution in [-0.2, 0) is 4.79 Å². The van der Waals surface area contributed by atoms with Gasteiger partial charge in [-0.1, -0.05) is 0 Å². The number of ether oxygens (including phenoxy) is 4. The highest BCUT2D eigenvalue weighted by molar-refractivity contribution is 9.10. The number of benzene rings is 2. The fourth-order valence-corrected chi connectivity index (χ4v) is 2.55. The molecule has 0 saturated heterocycles. The lowest BCUT2D eigenvalue weighted by molar-refractivity contribution is -0.123. The van der Waals surface area contributed by atoms with Crippen LogP contribution in [0.25, 0.3) is 0 Å². The van der Waals surface area contributed by atoms with Gasteiger partial charge in [-0.3, -0.25) is 4.79 Å². The lowest BCUT2D eigenvalue weighted by Gasteiger charge is -2.08. The Bertz CT molecular complexity index is 810. The van der Waals surface area contributed by atoms with Crippen molar-refractivity contribution in [3.8, 4) is 23.0 Å². The Morgan fingerprint density at radius 1 is 1.28 bits per heavy atom. The quantitative estimate of drug-likeness (QED) is 0.589. The minimum atomic E-state index is -0.375. The highest BCUT2D eigenvalue weighted by atomic mass is 79.9. The third kappa shape index (κ3) is 4.42. The first-order valence-electron chi connectivity index (χ1n) is 7.33. The van der Waals surface area contributed by atoms with Crippen LogP contribution in [0.15, 0.2) is 46.0 Å². The van der Waals surface area contributed by atoms with Crippen LogP contribution in [0.2, 0.25) is 0 Å². The minimum Gasteiger partial charge on any atom is -0.497 e. The molecule has 25 heavy (non-hydrogen) atoms. The zero-order chi connectivity index (χ0) is 17.6. The van der Waals surface area contributed by atoms with Crippen molar-refractivity contribution in [3.63, 3.8) is 0 Å². The largest absolute Gasteiger partial charge is 0.497 e. The molecule has 2 aromatic rings. The molecule has 7 nitrogen and oxygen atoms in total. The molecule has 0 atom stereocenters. The van der Waals surface area contributed by atoms with Crippen LogP contribution in [0.1, 0.15) is 5.56 Å². The predicted octanol–water partition coefficient (Wildman–Crippen LogP) is 2.72. The van der Waals surface area contributed by atoms with E-state index in [1.807, 2.05) is 6.07 Å². The molecule has 1 aliphatic heterocycles. The first-order chi connectivity index (χ1) is 12.2. The van der Waals surface area contributed by atoms with Crippen molar-refractivity contribution in [3.05, 3.63) is 46.4 Å². The van der Waals surface area contributed by atoms with Crippen LogP contribution in [-0.4, -0.2) is 32.6 Å². The van der Waals surface area contributed by atoms with Crippen molar-refractivity contribution >= 4 is 28.1 Å². The molecular formula is C17H15BrN2O5. The molecule has 2 aromatic carbocycles. The van der Waals surface area contributed by atoms with E-state index in [2.05, 4.69) is 26.5 Å². The molecule has 8 heteroatoms. The van der Waals surface area contributed by atoms with Gasteiger partial charge in [0.15, 0.2) is 18.1 Å². The number of rotatable bonds is 6. The Morgan fingerprint density at radius 2 is 2.12 bits per heavy atom. The summed E-state index contributed by atoms with van der Waals surface area (Å²) in [6, 6.07) is 10.6. The third-order valence-electron chi connectivity index (χ3n) is 3.30. The first-order valence-corrected chi connectivity index (χ1v) is 8.13. The number of hydrogen-bond acceptors (Lipinski definition) is 6. The van der Waals surface area contributed by atoms with Crippen LogP contribution in [0.5, 0.6) is 23.0 Å². The van der Waals surface area contributed by atoms with E-state index in [4.69, 9.17) is 18.9 Å². The zero-order valence-electron chi connectivity index (χ0n) is 13.3. The number of halogens is 1. The Morgan fingerprint density at radius 3 is 2.92 bits per heavy atom. The number of methoxy groups -OCH3 is 1. The van der Waals surface area contributed by atoms with Crippen molar-refractivity contribution in [2.75, 3.05) is 20.5 Å². The summed E-state index contributed by atoms with van der Waals surface area (Å²) in [6.07, 6.45) is 1.52. The molecule has 3 rings (SSSR count). The Labute approximate surface area is 152 Å². The molecule has 1 amide bonds. The van der Waals surface area contributed by atoms with Crippen molar-refractivity contribution in [1.82, 2.24) is 5.43 Å². The Kier molecular flexibility index (Phi) is 5.39. The van der Waals surface area contributed by atoms with E-state index < -0.39 is 0 Å². The molecule has 0 saturated carbocycles. The van der Waals surface area contributed by atoms with E-state index in [1.54, 1.807) is 37.4 Å². The van der Waals surface area contributed by atoms with Gasteiger partial charge in [-0.2, -0.15) is 5.10 Å². The number of nitrogens with zero attached hydrogens (tertiary/aromatic N) is 1. The summed E-state index contributed by atoms with van der Waals surface area (Å²) in [4.78, 5) is 11.8. The average Bonchev–Trinajstić information content (AvgIpc) is 3.08. The van der Waals surface area contributed by atoms with Crippen molar-refractivity contribution in [2.45, 2.75) is 0 Å². The maximum absolute atomic E-state index is 11.8. The summed E-state index contributed by atoms with van der Waals surface area (Å²) in [6.45, 7) is 0.0499. The van der Waals surface area contributed by atoms with Crippen molar-refractivity contribution < 1.29 is 23.7 Å². The molecular weight excluding hydrogens is 392 g/mol. The lowest BCUT2D eigenvalue weighted by Crippen LogP contribution is -2.24. The molecule has 0 fully saturated rings. The highest BCUT2D eigenvalue weighted by Gasteiger charge is 2.12. The van der Waals surface area contributed by atoms with Gasteiger partial charge in [0.1, 0.15) is 11.5 Å². The molecule has 0 unspecified atom stereocenters. The summed E-state index contributed by atoms with van der Waals surface area (Å²) in [5.41, 5.74) is 3.19. The van der Waals surface area contributed by atoms with Crippen LogP contribution in [0.3, 0.4) is 0 Å². The molecule has 0 bridgehead atoms. The van der Waals surface area contributed by atoms with E-state index in [0.717, 1.165) is 5.56 Å². The van der Waals surface area contributed by atoms with Gasteiger partial charge < -0.3 is 18.9 Å². The Hall–Kier alpha value is -2.74. The fraction of sp³-hybridized carbons (Fsp3) is 0.176. The van der Waals surface area contributed by atoms with Gasteiger partial charge >= 0.3 is 0 Å². The molecule has 130 valence electrons. The van der Waals surface area contributed by atoms with Crippen molar-refractivity contribution in [2.24, 2.45) is 5.10 Å². The summed E-state index contributed by atoms with van der Waals surface area (Å²) >= 11 is 3.36. The monoisotopic (exact) mass is 406 g/mol. The number of nitrogens with one attached hydrogen (secondary N) is 1. The second-order valence-electron chi connectivity index (χ2n) is 4.99. The second kappa shape index (κ2) is 7.89. The number of fused-ring (bicyclic) bond motifs is 1. The number of amides is 1. The molecule has 0 aliphatic carbocycles. The maximum atomic E-state index is 11.8. The maximum Gasteiger partial charge on any atom is 0.277 e. The van der Waals surface area contributed by atoms with Gasteiger partial charge in [-0.15, -0.1) is 0 Å². The highest BCUT2D eigenvalue weighted by Crippen LogP contribution is 2.32. The van der Waals surface area contributed by atoms with E-state index in [1.165, 1.54) is 6.21 Å². The van der Waals surface area contributed by atoms with Gasteiger partial charge in [-0.25, -0.2) is 5.43 Å². The Balaban J connectivity index is 1.49. The van der Waals surface area contributed by atoms with Crippen LogP contribution >= 0.6 is 15.9 Å². The fourth-order valence-electron chi connectivity index (χ4n) is 2.07. The number of hydrogen-bond donors (Lipinski definition) is 1. The molecule has 0 aromatic heterocycles. The van der Waals surface area contributed by atoms with Gasteiger partial charge in [0, 0.05) is 0 Å². The van der Waals surface area contributed by atoms with Gasteiger partial charge in [-0.05, 0) is 57.9 Å². The van der Waals surface area contributed by atoms with Gasteiger partial charge in [0.2, 0.25) is 6.79 Å². The summed E-state index contributed by atoms with van der Waals surface area (Å²) in [7, 11) is 1.58. The molecule has 1 N–H and O–H groups in total. The minimum absolute atomic E-state index is 0.163. The molecule has 0 radical (unpaired) electrons. The van der Waals surface area contributed by atoms with Crippen LogP contribution in [0.4, 0.5) is 0 Å². The summed E-state index contributed by atoms with van der Waals surface area (Å²) < 4.78 is 21.7. The van der Waals surface area contributed by atoms with Crippen molar-refractivity contribution in [1.29, 1.82) is 0 Å². The summed E-state index contributed by atoms with van der Waals surface area (Å²) in [5, 5.41) is 3.90. The zero-order valence-corrected chi connectivity index (χ0v) is 14.9. The predicted molar refractivity (Wildman–Crippen MR) is 94.5 cm³/mol. The smallest absolute Gasteiger partial charge is 0.277 e. The van der Waals surface area contributed by atoms with Crippen LogP contribution < -0.4 is 24.4 Å². The average molecular weight is 407 g/mol. The van der Waals surface area contributed by atoms with E-state index in [9.17, 15) is 4.79 Å². The van der Waals surface area contributed by atoms with Gasteiger partial charge in [0.05, 0.1) is 17.8 Å². The lowest BCUT2D eigenvalue weighted by atomic mass is 10.2. The normalized spacial score (nSPS) is 12.2. The van der Waals surface area contributed by atoms with Gasteiger partial charge in [0.25, 0.3) is 5.91 Å². The third-order valence-corrected chi connectivity index (χ3v) is 3.92. The first kappa shape index (κ1) is 17.1. The van der Waals surface area contributed by atoms with E-state index in [-0.39, 0.29) is 19.3 Å². The molecule has 0 spiro atoms. The summed E-state index contributed by atoms with van der Waals surface area (Å²) in [5.74, 6) is 2.20. The standard InChI is InChI=1S/C17H15BrN2O5/c1-22-12-3-5-14(13(18)7-12)23-9-17(21)20-19-8-11-2-4-15-16(6-11)25-10-24-15/h2-8H,9-10H2,1H3,(H,20,21)/b19-8-. The number of hydrazone groups is 1.